The van der Waals surface area contributed by atoms with Crippen LogP contribution in [0.3, 0.4) is 0 Å². The summed E-state index contributed by atoms with van der Waals surface area (Å²) in [5.74, 6) is 0.727. The number of hydrogen-bond donors (Lipinski definition) is 2. The van der Waals surface area contributed by atoms with E-state index in [0.717, 1.165) is 11.3 Å². The Morgan fingerprint density at radius 2 is 1.53 bits per heavy atom. The quantitative estimate of drug-likeness (QED) is 0.326. The topological polar surface area (TPSA) is 108 Å². The summed E-state index contributed by atoms with van der Waals surface area (Å²) >= 11 is 0.983. The van der Waals surface area contributed by atoms with Crippen LogP contribution in [0.4, 0.5) is 16.4 Å². The number of methoxy groups -OCH3 is 2. The predicted octanol–water partition coefficient (Wildman–Crippen LogP) is 5.15. The molecule has 0 aliphatic carbocycles. The summed E-state index contributed by atoms with van der Waals surface area (Å²) in [6.45, 7) is 0. The van der Waals surface area contributed by atoms with Crippen LogP contribution in [0.15, 0.2) is 88.7 Å². The molecular weight excluding hydrogens is 472 g/mol. The SMILES string of the molecule is COc1ccc(C(=O)c2sc(Nc3ccccc3OC)c(S(=O)(=O)c3ccccc3)c2N)cc1. The lowest BCUT2D eigenvalue weighted by Gasteiger charge is -2.12. The number of benzene rings is 3. The molecule has 0 aliphatic rings. The lowest BCUT2D eigenvalue weighted by Crippen LogP contribution is -2.08. The number of ketones is 1. The Kier molecular flexibility index (Phi) is 6.58. The molecule has 0 bridgehead atoms. The Bertz CT molecular complexity index is 1430. The van der Waals surface area contributed by atoms with E-state index in [9.17, 15) is 13.2 Å². The van der Waals surface area contributed by atoms with Crippen molar-refractivity contribution in [1.29, 1.82) is 0 Å². The molecule has 0 saturated carbocycles. The van der Waals surface area contributed by atoms with Crippen molar-refractivity contribution in [2.75, 3.05) is 25.3 Å². The average Bonchev–Trinajstić information content (AvgIpc) is 3.20. The Morgan fingerprint density at radius 3 is 2.18 bits per heavy atom. The molecule has 4 rings (SSSR count). The first kappa shape index (κ1) is 23.3. The largest absolute Gasteiger partial charge is 0.497 e. The molecule has 7 nitrogen and oxygen atoms in total. The van der Waals surface area contributed by atoms with Crippen LogP contribution >= 0.6 is 11.3 Å². The smallest absolute Gasteiger partial charge is 0.211 e. The van der Waals surface area contributed by atoms with Crippen molar-refractivity contribution in [2.45, 2.75) is 9.79 Å². The van der Waals surface area contributed by atoms with Crippen molar-refractivity contribution in [1.82, 2.24) is 0 Å². The van der Waals surface area contributed by atoms with Crippen LogP contribution in [0, 0.1) is 0 Å². The number of nitrogens with one attached hydrogen (secondary N) is 1. The number of ether oxygens (including phenoxy) is 2. The molecule has 174 valence electrons. The predicted molar refractivity (Wildman–Crippen MR) is 133 cm³/mol. The maximum atomic E-state index is 13.6. The standard InChI is InChI=1S/C25H22N2O5S2/c1-31-17-14-12-16(13-15-17)22(28)23-21(26)24(34(29,30)18-8-4-3-5-9-18)25(33-23)27-19-10-6-7-11-20(19)32-2/h3-15,27H,26H2,1-2H3. The molecule has 1 heterocycles. The Morgan fingerprint density at radius 1 is 0.882 bits per heavy atom. The van der Waals surface area contributed by atoms with Crippen LogP contribution < -0.4 is 20.5 Å². The van der Waals surface area contributed by atoms with Gasteiger partial charge in [-0.2, -0.15) is 0 Å². The summed E-state index contributed by atoms with van der Waals surface area (Å²) in [4.78, 5) is 13.4. The van der Waals surface area contributed by atoms with E-state index in [1.165, 1.54) is 26.4 Å². The maximum absolute atomic E-state index is 13.6. The molecule has 1 aromatic heterocycles. The van der Waals surface area contributed by atoms with E-state index >= 15 is 0 Å². The van der Waals surface area contributed by atoms with E-state index in [4.69, 9.17) is 15.2 Å². The summed E-state index contributed by atoms with van der Waals surface area (Å²) in [7, 11) is -0.986. The number of nitrogen functional groups attached to an aromatic ring is 1. The van der Waals surface area contributed by atoms with E-state index in [1.54, 1.807) is 66.7 Å². The number of carbonyl (C=O) groups is 1. The minimum Gasteiger partial charge on any atom is -0.497 e. The summed E-state index contributed by atoms with van der Waals surface area (Å²) in [5, 5.41) is 3.34. The van der Waals surface area contributed by atoms with Gasteiger partial charge in [0.05, 0.1) is 30.5 Å². The first-order chi connectivity index (χ1) is 16.4. The van der Waals surface area contributed by atoms with E-state index in [1.807, 2.05) is 0 Å². The number of para-hydroxylation sites is 2. The van der Waals surface area contributed by atoms with Crippen LogP contribution in [0.5, 0.6) is 11.5 Å². The van der Waals surface area contributed by atoms with Gasteiger partial charge in [0.2, 0.25) is 15.6 Å². The fourth-order valence-corrected chi connectivity index (χ4v) is 6.35. The van der Waals surface area contributed by atoms with Crippen molar-refractivity contribution >= 4 is 43.3 Å². The molecule has 0 aliphatic heterocycles. The highest BCUT2D eigenvalue weighted by Gasteiger charge is 2.32. The molecule has 0 saturated heterocycles. The van der Waals surface area contributed by atoms with Gasteiger partial charge in [-0.1, -0.05) is 30.3 Å². The lowest BCUT2D eigenvalue weighted by molar-refractivity contribution is 0.104. The van der Waals surface area contributed by atoms with Crippen LogP contribution in [0.2, 0.25) is 0 Å². The molecular formula is C25H22N2O5S2. The summed E-state index contributed by atoms with van der Waals surface area (Å²) in [6.07, 6.45) is 0. The highest BCUT2D eigenvalue weighted by Crippen LogP contribution is 2.45. The zero-order valence-electron chi connectivity index (χ0n) is 18.4. The van der Waals surface area contributed by atoms with Crippen LogP contribution in [0.1, 0.15) is 15.2 Å². The lowest BCUT2D eigenvalue weighted by atomic mass is 10.1. The summed E-state index contributed by atoms with van der Waals surface area (Å²) in [5.41, 5.74) is 7.16. The maximum Gasteiger partial charge on any atom is 0.211 e. The third kappa shape index (κ3) is 4.35. The third-order valence-electron chi connectivity index (χ3n) is 5.14. The zero-order chi connectivity index (χ0) is 24.3. The second-order valence-electron chi connectivity index (χ2n) is 7.20. The minimum atomic E-state index is -4.04. The molecule has 0 amide bonds. The zero-order valence-corrected chi connectivity index (χ0v) is 20.1. The van der Waals surface area contributed by atoms with Crippen molar-refractivity contribution in [2.24, 2.45) is 0 Å². The first-order valence-corrected chi connectivity index (χ1v) is 12.5. The Balaban J connectivity index is 1.87. The molecule has 9 heteroatoms. The number of anilines is 3. The highest BCUT2D eigenvalue weighted by atomic mass is 32.2. The van der Waals surface area contributed by atoms with Gasteiger partial charge in [-0.15, -0.1) is 11.3 Å². The molecule has 0 fully saturated rings. The minimum absolute atomic E-state index is 0.0750. The Labute approximate surface area is 201 Å². The van der Waals surface area contributed by atoms with Crippen molar-refractivity contribution in [3.8, 4) is 11.5 Å². The molecule has 0 atom stereocenters. The van der Waals surface area contributed by atoms with Crippen molar-refractivity contribution in [3.63, 3.8) is 0 Å². The molecule has 0 spiro atoms. The van der Waals surface area contributed by atoms with Crippen LogP contribution in [-0.4, -0.2) is 28.4 Å². The number of hydrogen-bond acceptors (Lipinski definition) is 8. The molecule has 34 heavy (non-hydrogen) atoms. The summed E-state index contributed by atoms with van der Waals surface area (Å²) in [6, 6.07) is 21.6. The van der Waals surface area contributed by atoms with Gasteiger partial charge in [0.15, 0.2) is 0 Å². The number of rotatable bonds is 8. The first-order valence-electron chi connectivity index (χ1n) is 10.2. The van der Waals surface area contributed by atoms with E-state index in [-0.39, 0.29) is 31.1 Å². The van der Waals surface area contributed by atoms with E-state index in [2.05, 4.69) is 5.32 Å². The van der Waals surface area contributed by atoms with Crippen LogP contribution in [0.25, 0.3) is 0 Å². The van der Waals surface area contributed by atoms with Gasteiger partial charge >= 0.3 is 0 Å². The number of nitrogens with two attached hydrogens (primary N) is 1. The third-order valence-corrected chi connectivity index (χ3v) is 8.24. The van der Waals surface area contributed by atoms with Gasteiger partial charge in [0, 0.05) is 5.56 Å². The monoisotopic (exact) mass is 494 g/mol. The molecule has 0 unspecified atom stereocenters. The molecule has 3 aromatic carbocycles. The number of sulfone groups is 1. The van der Waals surface area contributed by atoms with Crippen molar-refractivity contribution in [3.05, 3.63) is 89.3 Å². The van der Waals surface area contributed by atoms with E-state index in [0.29, 0.717) is 22.7 Å². The van der Waals surface area contributed by atoms with Crippen LogP contribution in [-0.2, 0) is 9.84 Å². The second-order valence-corrected chi connectivity index (χ2v) is 10.1. The van der Waals surface area contributed by atoms with Gasteiger partial charge in [-0.3, -0.25) is 4.79 Å². The van der Waals surface area contributed by atoms with Gasteiger partial charge in [0.25, 0.3) is 0 Å². The number of carbonyl (C=O) groups excluding carboxylic acids is 1. The fraction of sp³-hybridized carbons (Fsp3) is 0.0800. The van der Waals surface area contributed by atoms with E-state index < -0.39 is 9.84 Å². The molecule has 4 aromatic rings. The van der Waals surface area contributed by atoms with Gasteiger partial charge in [-0.25, -0.2) is 8.42 Å². The summed E-state index contributed by atoms with van der Waals surface area (Å²) < 4.78 is 37.7. The highest BCUT2D eigenvalue weighted by molar-refractivity contribution is 7.92. The normalized spacial score (nSPS) is 11.1. The van der Waals surface area contributed by atoms with Gasteiger partial charge < -0.3 is 20.5 Å². The second kappa shape index (κ2) is 9.58. The molecule has 3 N–H and O–H groups in total. The van der Waals surface area contributed by atoms with Gasteiger partial charge in [0.1, 0.15) is 26.3 Å². The van der Waals surface area contributed by atoms with Crippen molar-refractivity contribution < 1.29 is 22.7 Å². The number of thiophene rings is 1. The molecule has 0 radical (unpaired) electrons. The fourth-order valence-electron chi connectivity index (χ4n) is 3.41. The average molecular weight is 495 g/mol. The van der Waals surface area contributed by atoms with Gasteiger partial charge in [-0.05, 0) is 48.5 Å². The Hall–Kier alpha value is -3.82.